The molecule has 0 saturated heterocycles. The second-order valence-corrected chi connectivity index (χ2v) is 6.49. The number of rotatable bonds is 5. The lowest BCUT2D eigenvalue weighted by Gasteiger charge is -2.22. The second-order valence-electron chi connectivity index (χ2n) is 5.58. The van der Waals surface area contributed by atoms with E-state index in [1.165, 1.54) is 11.1 Å². The van der Waals surface area contributed by atoms with Gasteiger partial charge in [0.25, 0.3) is 0 Å². The van der Waals surface area contributed by atoms with Gasteiger partial charge in [-0.3, -0.25) is 0 Å². The van der Waals surface area contributed by atoms with Crippen molar-refractivity contribution < 1.29 is 9.84 Å². The number of aliphatic hydroxyl groups is 1. The standard InChI is InChI=1S/C14H20BrNO2/c1-14(2,9-17)8-16-7-11-6-12(15)5-10-3-4-18-13(10)11/h5-6,16-17H,3-4,7-9H2,1-2H3. The SMILES string of the molecule is CC(C)(CO)CNCc1cc(Br)cc2c1OCC2. The first-order chi connectivity index (χ1) is 8.52. The summed E-state index contributed by atoms with van der Waals surface area (Å²) < 4.78 is 6.79. The number of hydrogen-bond donors (Lipinski definition) is 2. The molecule has 0 aliphatic carbocycles. The smallest absolute Gasteiger partial charge is 0.127 e. The molecule has 1 aromatic carbocycles. The van der Waals surface area contributed by atoms with Crippen molar-refractivity contribution in [2.24, 2.45) is 5.41 Å². The zero-order valence-electron chi connectivity index (χ0n) is 10.9. The first kappa shape index (κ1) is 13.8. The molecule has 0 fully saturated rings. The lowest BCUT2D eigenvalue weighted by molar-refractivity contribution is 0.156. The molecule has 2 rings (SSSR count). The average Bonchev–Trinajstić information content (AvgIpc) is 2.76. The fraction of sp³-hybridized carbons (Fsp3) is 0.571. The van der Waals surface area contributed by atoms with E-state index in [4.69, 9.17) is 4.74 Å². The highest BCUT2D eigenvalue weighted by atomic mass is 79.9. The molecule has 1 aliphatic rings. The van der Waals surface area contributed by atoms with Crippen LogP contribution in [-0.2, 0) is 13.0 Å². The number of halogens is 1. The van der Waals surface area contributed by atoms with Gasteiger partial charge in [-0.2, -0.15) is 0 Å². The van der Waals surface area contributed by atoms with E-state index in [9.17, 15) is 5.11 Å². The van der Waals surface area contributed by atoms with Crippen LogP contribution in [0.3, 0.4) is 0 Å². The molecular formula is C14H20BrNO2. The number of aliphatic hydroxyl groups excluding tert-OH is 1. The van der Waals surface area contributed by atoms with Crippen LogP contribution >= 0.6 is 15.9 Å². The summed E-state index contributed by atoms with van der Waals surface area (Å²) in [6, 6.07) is 4.23. The van der Waals surface area contributed by atoms with Crippen LogP contribution < -0.4 is 10.1 Å². The molecule has 2 N–H and O–H groups in total. The summed E-state index contributed by atoms with van der Waals surface area (Å²) in [5.74, 6) is 1.03. The van der Waals surface area contributed by atoms with E-state index in [-0.39, 0.29) is 12.0 Å². The Morgan fingerprint density at radius 3 is 2.94 bits per heavy atom. The Morgan fingerprint density at radius 1 is 1.44 bits per heavy atom. The van der Waals surface area contributed by atoms with Crippen LogP contribution in [-0.4, -0.2) is 24.9 Å². The molecule has 0 saturated carbocycles. The Balaban J connectivity index is 2.02. The van der Waals surface area contributed by atoms with Gasteiger partial charge in [-0.05, 0) is 17.7 Å². The minimum Gasteiger partial charge on any atom is -0.493 e. The lowest BCUT2D eigenvalue weighted by Crippen LogP contribution is -2.31. The Hall–Kier alpha value is -0.580. The van der Waals surface area contributed by atoms with Gasteiger partial charge in [0, 0.05) is 41.6 Å². The van der Waals surface area contributed by atoms with Gasteiger partial charge < -0.3 is 15.2 Å². The van der Waals surface area contributed by atoms with E-state index in [1.807, 2.05) is 13.8 Å². The zero-order valence-corrected chi connectivity index (χ0v) is 12.5. The predicted molar refractivity (Wildman–Crippen MR) is 75.9 cm³/mol. The van der Waals surface area contributed by atoms with Gasteiger partial charge in [-0.25, -0.2) is 0 Å². The van der Waals surface area contributed by atoms with Crippen molar-refractivity contribution in [2.75, 3.05) is 19.8 Å². The summed E-state index contributed by atoms with van der Waals surface area (Å²) in [6.45, 7) is 6.60. The third-order valence-corrected chi connectivity index (χ3v) is 3.63. The minimum atomic E-state index is -0.0873. The van der Waals surface area contributed by atoms with Gasteiger partial charge in [-0.1, -0.05) is 29.8 Å². The number of nitrogens with one attached hydrogen (secondary N) is 1. The zero-order chi connectivity index (χ0) is 13.2. The molecule has 0 amide bonds. The number of fused-ring (bicyclic) bond motifs is 1. The van der Waals surface area contributed by atoms with Crippen LogP contribution in [0.5, 0.6) is 5.75 Å². The topological polar surface area (TPSA) is 41.5 Å². The molecule has 100 valence electrons. The number of hydrogen-bond acceptors (Lipinski definition) is 3. The maximum Gasteiger partial charge on any atom is 0.127 e. The lowest BCUT2D eigenvalue weighted by atomic mass is 9.95. The Bertz CT molecular complexity index is 432. The van der Waals surface area contributed by atoms with Crippen molar-refractivity contribution in [1.82, 2.24) is 5.32 Å². The molecule has 3 nitrogen and oxygen atoms in total. The maximum absolute atomic E-state index is 9.22. The third-order valence-electron chi connectivity index (χ3n) is 3.17. The summed E-state index contributed by atoms with van der Waals surface area (Å²) in [5, 5.41) is 12.6. The van der Waals surface area contributed by atoms with Gasteiger partial charge in [0.05, 0.1) is 6.61 Å². The third kappa shape index (κ3) is 3.25. The minimum absolute atomic E-state index is 0.0873. The molecule has 1 aliphatic heterocycles. The van der Waals surface area contributed by atoms with E-state index < -0.39 is 0 Å². The molecule has 0 aromatic heterocycles. The molecule has 0 radical (unpaired) electrons. The number of benzene rings is 1. The van der Waals surface area contributed by atoms with Gasteiger partial charge in [0.2, 0.25) is 0 Å². The highest BCUT2D eigenvalue weighted by molar-refractivity contribution is 9.10. The van der Waals surface area contributed by atoms with Crippen LogP contribution in [0.15, 0.2) is 16.6 Å². The number of ether oxygens (including phenoxy) is 1. The Kier molecular flexibility index (Phi) is 4.30. The first-order valence-corrected chi connectivity index (χ1v) is 7.07. The Morgan fingerprint density at radius 2 is 2.22 bits per heavy atom. The summed E-state index contributed by atoms with van der Waals surface area (Å²) >= 11 is 3.54. The average molecular weight is 314 g/mol. The van der Waals surface area contributed by atoms with Gasteiger partial charge in [-0.15, -0.1) is 0 Å². The second kappa shape index (κ2) is 5.59. The molecule has 0 bridgehead atoms. The molecule has 0 unspecified atom stereocenters. The van der Waals surface area contributed by atoms with Gasteiger partial charge in [0.15, 0.2) is 0 Å². The van der Waals surface area contributed by atoms with Crippen molar-refractivity contribution >= 4 is 15.9 Å². The van der Waals surface area contributed by atoms with E-state index >= 15 is 0 Å². The van der Waals surface area contributed by atoms with Crippen molar-refractivity contribution in [2.45, 2.75) is 26.8 Å². The van der Waals surface area contributed by atoms with Crippen LogP contribution in [0.25, 0.3) is 0 Å². The Labute approximate surface area is 117 Å². The first-order valence-electron chi connectivity index (χ1n) is 6.27. The molecule has 4 heteroatoms. The molecule has 1 aromatic rings. The summed E-state index contributed by atoms with van der Waals surface area (Å²) in [7, 11) is 0. The molecule has 0 spiro atoms. The van der Waals surface area contributed by atoms with Crippen LogP contribution in [0.1, 0.15) is 25.0 Å². The van der Waals surface area contributed by atoms with Crippen molar-refractivity contribution in [3.8, 4) is 5.75 Å². The van der Waals surface area contributed by atoms with Crippen molar-refractivity contribution in [3.63, 3.8) is 0 Å². The maximum atomic E-state index is 9.22. The summed E-state index contributed by atoms with van der Waals surface area (Å²) in [6.07, 6.45) is 0.990. The largest absolute Gasteiger partial charge is 0.493 e. The van der Waals surface area contributed by atoms with Crippen LogP contribution in [0.2, 0.25) is 0 Å². The molecular weight excluding hydrogens is 294 g/mol. The monoisotopic (exact) mass is 313 g/mol. The van der Waals surface area contributed by atoms with Gasteiger partial charge in [0.1, 0.15) is 5.75 Å². The van der Waals surface area contributed by atoms with E-state index in [2.05, 4.69) is 33.4 Å². The van der Waals surface area contributed by atoms with Gasteiger partial charge >= 0.3 is 0 Å². The fourth-order valence-corrected chi connectivity index (χ4v) is 2.62. The van der Waals surface area contributed by atoms with E-state index in [1.54, 1.807) is 0 Å². The van der Waals surface area contributed by atoms with E-state index in [0.717, 1.165) is 36.3 Å². The predicted octanol–water partition coefficient (Wildman–Crippen LogP) is 2.49. The fourth-order valence-electron chi connectivity index (χ4n) is 2.07. The quantitative estimate of drug-likeness (QED) is 0.877. The van der Waals surface area contributed by atoms with Crippen molar-refractivity contribution in [1.29, 1.82) is 0 Å². The molecule has 0 atom stereocenters. The molecule has 1 heterocycles. The highest BCUT2D eigenvalue weighted by Crippen LogP contribution is 2.32. The summed E-state index contributed by atoms with van der Waals surface area (Å²) in [4.78, 5) is 0. The van der Waals surface area contributed by atoms with Crippen molar-refractivity contribution in [3.05, 3.63) is 27.7 Å². The summed E-state index contributed by atoms with van der Waals surface area (Å²) in [5.41, 5.74) is 2.38. The highest BCUT2D eigenvalue weighted by Gasteiger charge is 2.19. The van der Waals surface area contributed by atoms with Crippen LogP contribution in [0.4, 0.5) is 0 Å². The molecule has 18 heavy (non-hydrogen) atoms. The van der Waals surface area contributed by atoms with Crippen LogP contribution in [0, 0.1) is 5.41 Å². The normalized spacial score (nSPS) is 14.4. The van der Waals surface area contributed by atoms with E-state index in [0.29, 0.717) is 0 Å².